The Morgan fingerprint density at radius 1 is 0.931 bits per heavy atom. The Bertz CT molecular complexity index is 865. The van der Waals surface area contributed by atoms with Crippen LogP contribution >= 0.6 is 11.8 Å². The van der Waals surface area contributed by atoms with Gasteiger partial charge in [0.1, 0.15) is 0 Å². The van der Waals surface area contributed by atoms with Crippen molar-refractivity contribution in [1.82, 2.24) is 9.80 Å². The summed E-state index contributed by atoms with van der Waals surface area (Å²) in [4.78, 5) is 32.9. The molecule has 5 nitrogen and oxygen atoms in total. The minimum Gasteiger partial charge on any atom is -0.336 e. The minimum absolute atomic E-state index is 0.0732. The number of anilines is 1. The summed E-state index contributed by atoms with van der Waals surface area (Å²) < 4.78 is 0. The molecule has 0 aromatic heterocycles. The summed E-state index contributed by atoms with van der Waals surface area (Å²) in [5.74, 6) is 0.221. The van der Waals surface area contributed by atoms with E-state index < -0.39 is 0 Å². The number of piperazine rings is 1. The van der Waals surface area contributed by atoms with Crippen LogP contribution in [-0.2, 0) is 4.79 Å². The number of nitrogens with zero attached hydrogens (tertiary/aromatic N) is 3. The smallest absolute Gasteiger partial charge is 0.253 e. The van der Waals surface area contributed by atoms with Gasteiger partial charge in [0.15, 0.2) is 0 Å². The van der Waals surface area contributed by atoms with Crippen molar-refractivity contribution < 1.29 is 9.59 Å². The van der Waals surface area contributed by atoms with E-state index in [0.29, 0.717) is 24.9 Å². The van der Waals surface area contributed by atoms with E-state index in [0.717, 1.165) is 37.3 Å². The van der Waals surface area contributed by atoms with Gasteiger partial charge in [-0.15, -0.1) is 11.8 Å². The molecule has 4 rings (SSSR count). The Labute approximate surface area is 176 Å². The number of rotatable bonds is 3. The zero-order valence-electron chi connectivity index (χ0n) is 16.8. The SMILES string of the molecule is C[C@H]1CCN(C(=O)CN2CCN(C(=O)c3ccccc3)CC2)c2ccccc2S1. The number of hydrogen-bond acceptors (Lipinski definition) is 4. The molecule has 152 valence electrons. The van der Waals surface area contributed by atoms with Crippen molar-refractivity contribution in [3.05, 3.63) is 60.2 Å². The van der Waals surface area contributed by atoms with E-state index in [9.17, 15) is 9.59 Å². The van der Waals surface area contributed by atoms with Gasteiger partial charge in [-0.2, -0.15) is 0 Å². The largest absolute Gasteiger partial charge is 0.336 e. The predicted octanol–water partition coefficient (Wildman–Crippen LogP) is 3.36. The molecule has 0 saturated carbocycles. The van der Waals surface area contributed by atoms with Gasteiger partial charge < -0.3 is 9.80 Å². The first-order chi connectivity index (χ1) is 14.1. The molecule has 2 aliphatic rings. The molecule has 0 N–H and O–H groups in total. The van der Waals surface area contributed by atoms with Crippen LogP contribution in [0.15, 0.2) is 59.5 Å². The molecule has 0 unspecified atom stereocenters. The quantitative estimate of drug-likeness (QED) is 0.780. The molecule has 0 bridgehead atoms. The first-order valence-corrected chi connectivity index (χ1v) is 11.1. The highest BCUT2D eigenvalue weighted by Crippen LogP contribution is 2.37. The standard InChI is InChI=1S/C23H27N3O2S/c1-18-11-12-26(20-9-5-6-10-21(20)29-18)22(27)17-24-13-15-25(16-14-24)23(28)19-7-3-2-4-8-19/h2-10,18H,11-17H2,1H3/t18-/m0/s1. The average Bonchev–Trinajstić information content (AvgIpc) is 2.92. The number of fused-ring (bicyclic) bond motifs is 1. The van der Waals surface area contributed by atoms with Gasteiger partial charge in [0, 0.05) is 48.4 Å². The molecule has 29 heavy (non-hydrogen) atoms. The minimum atomic E-state index is 0.0732. The van der Waals surface area contributed by atoms with Crippen LogP contribution in [0.3, 0.4) is 0 Å². The third kappa shape index (κ3) is 4.65. The van der Waals surface area contributed by atoms with Crippen molar-refractivity contribution in [2.75, 3.05) is 44.2 Å². The lowest BCUT2D eigenvalue weighted by molar-refractivity contribution is -0.120. The van der Waals surface area contributed by atoms with Gasteiger partial charge in [-0.25, -0.2) is 0 Å². The van der Waals surface area contributed by atoms with Gasteiger partial charge >= 0.3 is 0 Å². The molecular formula is C23H27N3O2S. The first-order valence-electron chi connectivity index (χ1n) is 10.2. The third-order valence-corrected chi connectivity index (χ3v) is 6.82. The fourth-order valence-corrected chi connectivity index (χ4v) is 5.01. The number of carbonyl (C=O) groups excluding carboxylic acids is 2. The van der Waals surface area contributed by atoms with E-state index in [1.165, 1.54) is 4.90 Å². The summed E-state index contributed by atoms with van der Waals surface area (Å²) in [6, 6.07) is 17.6. The summed E-state index contributed by atoms with van der Waals surface area (Å²) in [6.45, 7) is 6.15. The molecule has 2 heterocycles. The van der Waals surface area contributed by atoms with Crippen LogP contribution in [0.25, 0.3) is 0 Å². The summed E-state index contributed by atoms with van der Waals surface area (Å²) in [5, 5.41) is 0.501. The normalized spacial score (nSPS) is 20.1. The Balaban J connectivity index is 1.36. The van der Waals surface area contributed by atoms with Crippen LogP contribution < -0.4 is 4.90 Å². The molecule has 2 aliphatic heterocycles. The molecule has 0 aliphatic carbocycles. The Kier molecular flexibility index (Phi) is 6.21. The highest BCUT2D eigenvalue weighted by atomic mass is 32.2. The number of carbonyl (C=O) groups is 2. The molecule has 0 radical (unpaired) electrons. The summed E-state index contributed by atoms with van der Waals surface area (Å²) in [5.41, 5.74) is 1.76. The van der Waals surface area contributed by atoms with Gasteiger partial charge in [-0.1, -0.05) is 37.3 Å². The molecule has 0 spiro atoms. The van der Waals surface area contributed by atoms with Crippen molar-refractivity contribution in [1.29, 1.82) is 0 Å². The lowest BCUT2D eigenvalue weighted by Crippen LogP contribution is -2.51. The van der Waals surface area contributed by atoms with Gasteiger partial charge in [0.05, 0.1) is 12.2 Å². The second-order valence-electron chi connectivity index (χ2n) is 7.66. The van der Waals surface area contributed by atoms with Gasteiger partial charge in [0.25, 0.3) is 5.91 Å². The second-order valence-corrected chi connectivity index (χ2v) is 9.14. The van der Waals surface area contributed by atoms with E-state index in [-0.39, 0.29) is 11.8 Å². The fraction of sp³-hybridized carbons (Fsp3) is 0.391. The monoisotopic (exact) mass is 409 g/mol. The molecule has 6 heteroatoms. The lowest BCUT2D eigenvalue weighted by Gasteiger charge is -2.35. The maximum atomic E-state index is 13.1. The van der Waals surface area contributed by atoms with E-state index >= 15 is 0 Å². The zero-order chi connectivity index (χ0) is 20.2. The highest BCUT2D eigenvalue weighted by Gasteiger charge is 2.27. The number of para-hydroxylation sites is 1. The fourth-order valence-electron chi connectivity index (χ4n) is 3.89. The van der Waals surface area contributed by atoms with Crippen LogP contribution in [0.4, 0.5) is 5.69 Å². The van der Waals surface area contributed by atoms with Gasteiger partial charge in [-0.3, -0.25) is 14.5 Å². The maximum absolute atomic E-state index is 13.1. The van der Waals surface area contributed by atoms with Crippen LogP contribution in [-0.4, -0.2) is 66.1 Å². The second kappa shape index (κ2) is 9.01. The maximum Gasteiger partial charge on any atom is 0.253 e. The van der Waals surface area contributed by atoms with E-state index in [1.807, 2.05) is 64.0 Å². The molecule has 1 saturated heterocycles. The summed E-state index contributed by atoms with van der Waals surface area (Å²) >= 11 is 1.85. The predicted molar refractivity (Wildman–Crippen MR) is 118 cm³/mol. The number of benzene rings is 2. The van der Waals surface area contributed by atoms with Crippen molar-refractivity contribution in [3.63, 3.8) is 0 Å². The molecule has 2 amide bonds. The highest BCUT2D eigenvalue weighted by molar-refractivity contribution is 8.00. The molecule has 1 atom stereocenters. The third-order valence-electron chi connectivity index (χ3n) is 5.58. The molecule has 1 fully saturated rings. The van der Waals surface area contributed by atoms with Crippen LogP contribution in [0.2, 0.25) is 0 Å². The molecular weight excluding hydrogens is 382 g/mol. The number of amides is 2. The topological polar surface area (TPSA) is 43.9 Å². The number of thioether (sulfide) groups is 1. The van der Waals surface area contributed by atoms with E-state index in [4.69, 9.17) is 0 Å². The molecule has 2 aromatic rings. The van der Waals surface area contributed by atoms with Crippen molar-refractivity contribution in [2.45, 2.75) is 23.5 Å². The average molecular weight is 410 g/mol. The van der Waals surface area contributed by atoms with E-state index in [2.05, 4.69) is 24.0 Å². The van der Waals surface area contributed by atoms with Crippen molar-refractivity contribution >= 4 is 29.3 Å². The first kappa shape index (κ1) is 20.0. The van der Waals surface area contributed by atoms with Gasteiger partial charge in [-0.05, 0) is 30.7 Å². The lowest BCUT2D eigenvalue weighted by atomic mass is 10.2. The number of hydrogen-bond donors (Lipinski definition) is 0. The van der Waals surface area contributed by atoms with Crippen LogP contribution in [0.1, 0.15) is 23.7 Å². The summed E-state index contributed by atoms with van der Waals surface area (Å²) in [7, 11) is 0. The van der Waals surface area contributed by atoms with Gasteiger partial charge in [0.2, 0.25) is 5.91 Å². The van der Waals surface area contributed by atoms with E-state index in [1.54, 1.807) is 0 Å². The van der Waals surface area contributed by atoms with Crippen molar-refractivity contribution in [3.8, 4) is 0 Å². The Morgan fingerprint density at radius 3 is 2.38 bits per heavy atom. The summed E-state index contributed by atoms with van der Waals surface area (Å²) in [6.07, 6.45) is 0.991. The Hall–Kier alpha value is -2.31. The Morgan fingerprint density at radius 2 is 1.62 bits per heavy atom. The van der Waals surface area contributed by atoms with Crippen LogP contribution in [0.5, 0.6) is 0 Å². The van der Waals surface area contributed by atoms with Crippen LogP contribution in [0, 0.1) is 0 Å². The molecule has 2 aromatic carbocycles. The zero-order valence-corrected chi connectivity index (χ0v) is 17.6. The van der Waals surface area contributed by atoms with Crippen molar-refractivity contribution in [2.24, 2.45) is 0 Å².